The van der Waals surface area contributed by atoms with Crippen LogP contribution in [0.3, 0.4) is 0 Å². The number of ether oxygens (including phenoxy) is 1. The van der Waals surface area contributed by atoms with Crippen LogP contribution in [0, 0.1) is 6.92 Å². The van der Waals surface area contributed by atoms with Gasteiger partial charge in [-0.2, -0.15) is 0 Å². The fourth-order valence-corrected chi connectivity index (χ4v) is 3.43. The van der Waals surface area contributed by atoms with Crippen LogP contribution in [0.15, 0.2) is 42.5 Å². The Balaban J connectivity index is 1.59. The van der Waals surface area contributed by atoms with Crippen LogP contribution < -0.4 is 4.74 Å². The number of rotatable bonds is 6. The summed E-state index contributed by atoms with van der Waals surface area (Å²) in [6, 6.07) is 12.9. The second kappa shape index (κ2) is 8.35. The van der Waals surface area contributed by atoms with Gasteiger partial charge >= 0.3 is 0 Å². The molecule has 0 spiro atoms. The molecule has 1 aliphatic heterocycles. The van der Waals surface area contributed by atoms with Crippen molar-refractivity contribution in [2.24, 2.45) is 0 Å². The Hall–Kier alpha value is -2.66. The molecule has 142 valence electrons. The molecule has 2 aromatic carbocycles. The highest BCUT2D eigenvalue weighted by molar-refractivity contribution is 5.98. The van der Waals surface area contributed by atoms with Gasteiger partial charge in [0.25, 0.3) is 0 Å². The lowest BCUT2D eigenvalue weighted by atomic mass is 9.97. The summed E-state index contributed by atoms with van der Waals surface area (Å²) in [6.07, 6.45) is -0.385. The smallest absolute Gasteiger partial charge is 0.223 e. The summed E-state index contributed by atoms with van der Waals surface area (Å²) >= 11 is 0. The Morgan fingerprint density at radius 1 is 1.19 bits per heavy atom. The van der Waals surface area contributed by atoms with Crippen LogP contribution in [0.4, 0.5) is 0 Å². The van der Waals surface area contributed by atoms with E-state index in [9.17, 15) is 14.7 Å². The van der Waals surface area contributed by atoms with Gasteiger partial charge in [-0.3, -0.25) is 9.59 Å². The number of ketones is 1. The Morgan fingerprint density at radius 3 is 2.70 bits per heavy atom. The standard InChI is InChI=1S/C22H25NO4/c1-3-27-21-10-8-16(12-15(21)2)19(24)9-11-22(26)23-13-17-6-4-5-7-18(17)20(25)14-23/h4-8,10,12,20,25H,3,9,11,13-14H2,1-2H3/t20-/m0/s1. The molecule has 1 heterocycles. The molecule has 5 nitrogen and oxygen atoms in total. The molecule has 3 rings (SSSR count). The lowest BCUT2D eigenvalue weighted by Gasteiger charge is -2.32. The average Bonchev–Trinajstić information content (AvgIpc) is 2.67. The number of carbonyl (C=O) groups excluding carboxylic acids is 2. The zero-order valence-corrected chi connectivity index (χ0v) is 15.8. The van der Waals surface area contributed by atoms with Gasteiger partial charge in [0, 0.05) is 24.9 Å². The van der Waals surface area contributed by atoms with Crippen molar-refractivity contribution < 1.29 is 19.4 Å². The average molecular weight is 367 g/mol. The zero-order chi connectivity index (χ0) is 19.4. The molecule has 0 aromatic heterocycles. The Bertz CT molecular complexity index is 846. The van der Waals surface area contributed by atoms with E-state index in [0.29, 0.717) is 18.7 Å². The van der Waals surface area contributed by atoms with E-state index in [1.165, 1.54) is 0 Å². The highest BCUT2D eigenvalue weighted by Crippen LogP contribution is 2.27. The number of hydrogen-bond donors (Lipinski definition) is 1. The second-order valence-corrected chi connectivity index (χ2v) is 6.83. The molecule has 2 aromatic rings. The predicted octanol–water partition coefficient (Wildman–Crippen LogP) is 3.43. The first-order valence-corrected chi connectivity index (χ1v) is 9.30. The molecule has 1 amide bonds. The maximum Gasteiger partial charge on any atom is 0.223 e. The first-order valence-electron chi connectivity index (χ1n) is 9.30. The topological polar surface area (TPSA) is 66.8 Å². The number of hydrogen-bond acceptors (Lipinski definition) is 4. The quantitative estimate of drug-likeness (QED) is 0.795. The Morgan fingerprint density at radius 2 is 1.96 bits per heavy atom. The van der Waals surface area contributed by atoms with Gasteiger partial charge in [0.1, 0.15) is 5.75 Å². The SMILES string of the molecule is CCOc1ccc(C(=O)CCC(=O)N2Cc3ccccc3[C@@H](O)C2)cc1C. The van der Waals surface area contributed by atoms with E-state index in [2.05, 4.69) is 0 Å². The van der Waals surface area contributed by atoms with Gasteiger partial charge in [-0.25, -0.2) is 0 Å². The lowest BCUT2D eigenvalue weighted by Crippen LogP contribution is -2.38. The van der Waals surface area contributed by atoms with Crippen LogP contribution in [0.2, 0.25) is 0 Å². The summed E-state index contributed by atoms with van der Waals surface area (Å²) < 4.78 is 5.49. The second-order valence-electron chi connectivity index (χ2n) is 6.83. The minimum Gasteiger partial charge on any atom is -0.494 e. The van der Waals surface area contributed by atoms with Gasteiger partial charge in [0.05, 0.1) is 19.3 Å². The number of carbonyl (C=O) groups is 2. The van der Waals surface area contributed by atoms with E-state index < -0.39 is 6.10 Å². The van der Waals surface area contributed by atoms with Crippen LogP contribution in [-0.2, 0) is 11.3 Å². The summed E-state index contributed by atoms with van der Waals surface area (Å²) in [5.74, 6) is 0.595. The fourth-order valence-electron chi connectivity index (χ4n) is 3.43. The number of aliphatic hydroxyl groups is 1. The summed E-state index contributed by atoms with van der Waals surface area (Å²) in [5.41, 5.74) is 3.33. The van der Waals surface area contributed by atoms with Crippen LogP contribution in [0.1, 0.15) is 52.9 Å². The molecule has 0 bridgehead atoms. The van der Waals surface area contributed by atoms with Crippen LogP contribution in [0.5, 0.6) is 5.75 Å². The molecule has 5 heteroatoms. The Kier molecular flexibility index (Phi) is 5.91. The Labute approximate surface area is 159 Å². The largest absolute Gasteiger partial charge is 0.494 e. The van der Waals surface area contributed by atoms with Crippen molar-refractivity contribution in [3.8, 4) is 5.75 Å². The number of β-amino-alcohol motifs (C(OH)–C–C–N with tert-alkyl or cyclic N) is 1. The monoisotopic (exact) mass is 367 g/mol. The molecule has 0 aliphatic carbocycles. The molecule has 0 fully saturated rings. The van der Waals surface area contributed by atoms with Gasteiger partial charge < -0.3 is 14.7 Å². The molecule has 1 atom stereocenters. The molecule has 0 unspecified atom stereocenters. The van der Waals surface area contributed by atoms with Gasteiger partial charge in [-0.15, -0.1) is 0 Å². The number of aliphatic hydroxyl groups excluding tert-OH is 1. The summed E-state index contributed by atoms with van der Waals surface area (Å²) in [5, 5.41) is 10.3. The number of nitrogens with zero attached hydrogens (tertiary/aromatic N) is 1. The summed E-state index contributed by atoms with van der Waals surface area (Å²) in [6.45, 7) is 5.14. The van der Waals surface area contributed by atoms with Crippen molar-refractivity contribution in [3.63, 3.8) is 0 Å². The van der Waals surface area contributed by atoms with Crippen molar-refractivity contribution in [2.45, 2.75) is 39.3 Å². The van der Waals surface area contributed by atoms with Crippen molar-refractivity contribution in [2.75, 3.05) is 13.2 Å². The third kappa shape index (κ3) is 4.37. The van der Waals surface area contributed by atoms with Gasteiger partial charge in [-0.1, -0.05) is 24.3 Å². The first-order chi connectivity index (χ1) is 13.0. The molecule has 0 saturated heterocycles. The minimum atomic E-state index is -0.677. The van der Waals surface area contributed by atoms with Gasteiger partial charge in [0.15, 0.2) is 5.78 Å². The number of fused-ring (bicyclic) bond motifs is 1. The molecule has 1 N–H and O–H groups in total. The first kappa shape index (κ1) is 19.1. The highest BCUT2D eigenvalue weighted by Gasteiger charge is 2.26. The molecule has 1 aliphatic rings. The van der Waals surface area contributed by atoms with Crippen molar-refractivity contribution >= 4 is 11.7 Å². The normalized spacial score (nSPS) is 16.0. The van der Waals surface area contributed by atoms with Crippen molar-refractivity contribution in [1.29, 1.82) is 0 Å². The van der Waals surface area contributed by atoms with Crippen molar-refractivity contribution in [1.82, 2.24) is 4.90 Å². The van der Waals surface area contributed by atoms with Crippen LogP contribution in [-0.4, -0.2) is 34.8 Å². The van der Waals surface area contributed by atoms with Crippen LogP contribution >= 0.6 is 0 Å². The highest BCUT2D eigenvalue weighted by atomic mass is 16.5. The van der Waals surface area contributed by atoms with E-state index in [-0.39, 0.29) is 31.1 Å². The molecular weight excluding hydrogens is 342 g/mol. The van der Waals surface area contributed by atoms with E-state index in [4.69, 9.17) is 4.74 Å². The van der Waals surface area contributed by atoms with E-state index in [0.717, 1.165) is 22.4 Å². The number of Topliss-reactive ketones (excluding diaryl/α,β-unsaturated/α-hetero) is 1. The number of aryl methyl sites for hydroxylation is 1. The minimum absolute atomic E-state index is 0.0625. The van der Waals surface area contributed by atoms with E-state index >= 15 is 0 Å². The van der Waals surface area contributed by atoms with Gasteiger partial charge in [0.2, 0.25) is 5.91 Å². The van der Waals surface area contributed by atoms with Crippen molar-refractivity contribution in [3.05, 3.63) is 64.7 Å². The third-order valence-electron chi connectivity index (χ3n) is 4.88. The molecule has 27 heavy (non-hydrogen) atoms. The van der Waals surface area contributed by atoms with E-state index in [1.807, 2.05) is 38.1 Å². The van der Waals surface area contributed by atoms with Crippen LogP contribution in [0.25, 0.3) is 0 Å². The van der Waals surface area contributed by atoms with Gasteiger partial charge in [-0.05, 0) is 48.7 Å². The molecule has 0 radical (unpaired) electrons. The third-order valence-corrected chi connectivity index (χ3v) is 4.88. The number of amides is 1. The number of benzene rings is 2. The maximum atomic E-state index is 12.5. The lowest BCUT2D eigenvalue weighted by molar-refractivity contribution is -0.134. The van der Waals surface area contributed by atoms with E-state index in [1.54, 1.807) is 23.1 Å². The molecule has 0 saturated carbocycles. The maximum absolute atomic E-state index is 12.5. The summed E-state index contributed by atoms with van der Waals surface area (Å²) in [7, 11) is 0. The zero-order valence-electron chi connectivity index (χ0n) is 15.8. The summed E-state index contributed by atoms with van der Waals surface area (Å²) in [4.78, 5) is 26.6. The molecular formula is C22H25NO4. The fraction of sp³-hybridized carbons (Fsp3) is 0.364. The predicted molar refractivity (Wildman–Crippen MR) is 103 cm³/mol.